The van der Waals surface area contributed by atoms with E-state index in [1.807, 2.05) is 73.2 Å². The van der Waals surface area contributed by atoms with E-state index in [0.29, 0.717) is 35.2 Å². The second kappa shape index (κ2) is 15.2. The SMILES string of the molecule is COC1CCC(C(C)(C)NC(=O)c2ccn3c(C)cc(C)nc23)CC1.COC1CCC(C(C)(C)NC(=O)c2ccn3c(C)cc(C)nc23)CC1. The summed E-state index contributed by atoms with van der Waals surface area (Å²) in [5, 5.41) is 6.52. The minimum absolute atomic E-state index is 0.0427. The fourth-order valence-corrected chi connectivity index (χ4v) is 8.11. The highest BCUT2D eigenvalue weighted by molar-refractivity contribution is 6.01. The van der Waals surface area contributed by atoms with Crippen molar-refractivity contribution in [3.05, 3.63) is 70.6 Å². The van der Waals surface area contributed by atoms with Gasteiger partial charge >= 0.3 is 0 Å². The largest absolute Gasteiger partial charge is 0.381 e. The van der Waals surface area contributed by atoms with Gasteiger partial charge in [0.2, 0.25) is 0 Å². The van der Waals surface area contributed by atoms with Crippen molar-refractivity contribution in [2.75, 3.05) is 14.2 Å². The van der Waals surface area contributed by atoms with Crippen LogP contribution in [0.3, 0.4) is 0 Å². The number of nitrogens with one attached hydrogen (secondary N) is 2. The Morgan fingerprint density at radius 1 is 0.640 bits per heavy atom. The minimum Gasteiger partial charge on any atom is -0.381 e. The van der Waals surface area contributed by atoms with Crippen molar-refractivity contribution in [3.8, 4) is 0 Å². The normalized spacial score (nSPS) is 21.5. The summed E-state index contributed by atoms with van der Waals surface area (Å²) in [6.45, 7) is 16.5. The zero-order chi connectivity index (χ0) is 36.4. The first kappa shape index (κ1) is 37.5. The molecule has 2 aliphatic carbocycles. The van der Waals surface area contributed by atoms with Crippen LogP contribution in [0.2, 0.25) is 0 Å². The molecule has 2 fully saturated rings. The van der Waals surface area contributed by atoms with Gasteiger partial charge in [0.05, 0.1) is 23.3 Å². The molecule has 2 N–H and O–H groups in total. The van der Waals surface area contributed by atoms with E-state index in [1.165, 1.54) is 0 Å². The van der Waals surface area contributed by atoms with Crippen molar-refractivity contribution < 1.29 is 19.1 Å². The van der Waals surface area contributed by atoms with E-state index in [2.05, 4.69) is 48.3 Å². The van der Waals surface area contributed by atoms with Crippen LogP contribution in [0.1, 0.15) is 123 Å². The van der Waals surface area contributed by atoms with Gasteiger partial charge in [-0.15, -0.1) is 0 Å². The van der Waals surface area contributed by atoms with E-state index in [4.69, 9.17) is 9.47 Å². The van der Waals surface area contributed by atoms with Gasteiger partial charge in [-0.25, -0.2) is 9.97 Å². The van der Waals surface area contributed by atoms with Crippen LogP contribution in [-0.4, -0.2) is 68.1 Å². The summed E-state index contributed by atoms with van der Waals surface area (Å²) >= 11 is 0. The Morgan fingerprint density at radius 2 is 0.980 bits per heavy atom. The van der Waals surface area contributed by atoms with Gasteiger partial charge < -0.3 is 28.9 Å². The number of nitrogens with zero attached hydrogens (tertiary/aromatic N) is 4. The van der Waals surface area contributed by atoms with Gasteiger partial charge in [0.1, 0.15) is 11.3 Å². The highest BCUT2D eigenvalue weighted by atomic mass is 16.5. The van der Waals surface area contributed by atoms with Gasteiger partial charge in [0, 0.05) is 60.5 Å². The Kier molecular flexibility index (Phi) is 11.4. The van der Waals surface area contributed by atoms with Crippen LogP contribution < -0.4 is 10.6 Å². The number of rotatable bonds is 8. The maximum Gasteiger partial charge on any atom is 0.255 e. The lowest BCUT2D eigenvalue weighted by Crippen LogP contribution is -2.50. The van der Waals surface area contributed by atoms with Crippen LogP contribution in [0.15, 0.2) is 36.7 Å². The average molecular weight is 687 g/mol. The number of aromatic nitrogens is 4. The van der Waals surface area contributed by atoms with Crippen LogP contribution in [0.4, 0.5) is 0 Å². The topological polar surface area (TPSA) is 111 Å². The van der Waals surface area contributed by atoms with Crippen molar-refractivity contribution in [2.24, 2.45) is 11.8 Å². The molecule has 4 aromatic rings. The van der Waals surface area contributed by atoms with Crippen molar-refractivity contribution >= 4 is 23.1 Å². The van der Waals surface area contributed by atoms with E-state index in [1.54, 1.807) is 14.2 Å². The molecule has 10 heteroatoms. The Balaban J connectivity index is 0.000000194. The molecule has 10 nitrogen and oxygen atoms in total. The molecule has 4 aromatic heterocycles. The van der Waals surface area contributed by atoms with E-state index in [0.717, 1.165) is 85.4 Å². The Morgan fingerprint density at radius 3 is 1.30 bits per heavy atom. The lowest BCUT2D eigenvalue weighted by atomic mass is 9.75. The van der Waals surface area contributed by atoms with Crippen LogP contribution in [0.5, 0.6) is 0 Å². The molecule has 2 amide bonds. The Hall–Kier alpha value is -3.76. The molecule has 6 rings (SSSR count). The molecule has 272 valence electrons. The minimum atomic E-state index is -0.247. The van der Waals surface area contributed by atoms with Crippen molar-refractivity contribution in [1.82, 2.24) is 29.4 Å². The summed E-state index contributed by atoms with van der Waals surface area (Å²) in [4.78, 5) is 35.0. The molecule has 0 unspecified atom stereocenters. The first-order valence-electron chi connectivity index (χ1n) is 18.2. The third-order valence-electron chi connectivity index (χ3n) is 11.3. The van der Waals surface area contributed by atoms with Crippen LogP contribution in [-0.2, 0) is 9.47 Å². The number of aryl methyl sites for hydroxylation is 4. The second-order valence-corrected chi connectivity index (χ2v) is 15.7. The van der Waals surface area contributed by atoms with Crippen LogP contribution in [0, 0.1) is 39.5 Å². The molecule has 0 bridgehead atoms. The van der Waals surface area contributed by atoms with Crippen molar-refractivity contribution in [2.45, 2.75) is 130 Å². The zero-order valence-electron chi connectivity index (χ0n) is 31.9. The highest BCUT2D eigenvalue weighted by Crippen LogP contribution is 2.35. The van der Waals surface area contributed by atoms with Gasteiger partial charge in [-0.3, -0.25) is 9.59 Å². The summed E-state index contributed by atoms with van der Waals surface area (Å²) in [6, 6.07) is 7.77. The average Bonchev–Trinajstić information content (AvgIpc) is 3.70. The summed E-state index contributed by atoms with van der Waals surface area (Å²) in [5.41, 5.74) is 6.27. The monoisotopic (exact) mass is 686 g/mol. The molecular weight excluding hydrogens is 628 g/mol. The van der Waals surface area contributed by atoms with Gasteiger partial charge in [-0.2, -0.15) is 0 Å². The summed E-state index contributed by atoms with van der Waals surface area (Å²) in [7, 11) is 3.57. The lowest BCUT2D eigenvalue weighted by Gasteiger charge is -2.39. The molecule has 0 saturated heterocycles. The van der Waals surface area contributed by atoms with E-state index in [-0.39, 0.29) is 22.9 Å². The number of hydrogen-bond donors (Lipinski definition) is 2. The van der Waals surface area contributed by atoms with Crippen LogP contribution in [0.25, 0.3) is 11.3 Å². The number of amides is 2. The summed E-state index contributed by atoms with van der Waals surface area (Å²) in [6.07, 6.45) is 13.2. The third kappa shape index (κ3) is 8.23. The molecule has 0 aromatic carbocycles. The second-order valence-electron chi connectivity index (χ2n) is 15.7. The maximum absolute atomic E-state index is 12.9. The number of carbonyl (C=O) groups is 2. The zero-order valence-corrected chi connectivity index (χ0v) is 31.9. The first-order chi connectivity index (χ1) is 23.6. The Bertz CT molecular complexity index is 1670. The fourth-order valence-electron chi connectivity index (χ4n) is 8.11. The maximum atomic E-state index is 12.9. The lowest BCUT2D eigenvalue weighted by molar-refractivity contribution is 0.0393. The fraction of sp³-hybridized carbons (Fsp3) is 0.600. The molecule has 2 aliphatic rings. The quantitative estimate of drug-likeness (QED) is 0.201. The molecule has 2 saturated carbocycles. The van der Waals surface area contributed by atoms with E-state index < -0.39 is 0 Å². The highest BCUT2D eigenvalue weighted by Gasteiger charge is 2.36. The summed E-state index contributed by atoms with van der Waals surface area (Å²) < 4.78 is 14.9. The first-order valence-corrected chi connectivity index (χ1v) is 18.2. The molecule has 0 atom stereocenters. The Labute approximate surface area is 297 Å². The van der Waals surface area contributed by atoms with Gasteiger partial charge in [0.25, 0.3) is 11.8 Å². The number of methoxy groups -OCH3 is 2. The van der Waals surface area contributed by atoms with Gasteiger partial charge in [0.15, 0.2) is 0 Å². The molecule has 0 spiro atoms. The molecule has 0 radical (unpaired) electrons. The van der Waals surface area contributed by atoms with E-state index >= 15 is 0 Å². The van der Waals surface area contributed by atoms with E-state index in [9.17, 15) is 9.59 Å². The summed E-state index contributed by atoms with van der Waals surface area (Å²) in [5.74, 6) is 0.846. The number of fused-ring (bicyclic) bond motifs is 2. The van der Waals surface area contributed by atoms with Crippen molar-refractivity contribution in [3.63, 3.8) is 0 Å². The molecule has 50 heavy (non-hydrogen) atoms. The van der Waals surface area contributed by atoms with Crippen molar-refractivity contribution in [1.29, 1.82) is 0 Å². The number of ether oxygens (including phenoxy) is 2. The predicted molar refractivity (Wildman–Crippen MR) is 198 cm³/mol. The van der Waals surface area contributed by atoms with Gasteiger partial charge in [-0.1, -0.05) is 0 Å². The molecule has 4 heterocycles. The molecular formula is C40H58N6O4. The standard InChI is InChI=1S/2C20H29N3O2/c2*1-13-12-14(2)23-11-10-17(18(23)21-13)19(24)22-20(3,4)15-6-8-16(25-5)9-7-15/h2*10-12,15-16H,6-9H2,1-5H3,(H,22,24). The number of carbonyl (C=O) groups excluding carboxylic acids is 2. The smallest absolute Gasteiger partial charge is 0.255 e. The third-order valence-corrected chi connectivity index (χ3v) is 11.3. The predicted octanol–water partition coefficient (Wildman–Crippen LogP) is 7.33. The van der Waals surface area contributed by atoms with Crippen LogP contribution >= 0.6 is 0 Å². The molecule has 0 aliphatic heterocycles. The number of hydrogen-bond acceptors (Lipinski definition) is 6. The van der Waals surface area contributed by atoms with Gasteiger partial charge in [-0.05, 0) is 143 Å².